The van der Waals surface area contributed by atoms with E-state index in [1.165, 1.54) is 5.56 Å². The Morgan fingerprint density at radius 1 is 1.40 bits per heavy atom. The molecule has 0 saturated carbocycles. The van der Waals surface area contributed by atoms with Gasteiger partial charge < -0.3 is 14.6 Å². The third kappa shape index (κ3) is 2.85. The molecule has 20 heavy (non-hydrogen) atoms. The largest absolute Gasteiger partial charge is 0.496 e. The number of hydrogen-bond donors (Lipinski definition) is 1. The van der Waals surface area contributed by atoms with Crippen molar-refractivity contribution in [3.8, 4) is 5.75 Å². The number of nitrogens with zero attached hydrogens (tertiary/aromatic N) is 2. The third-order valence-corrected chi connectivity index (χ3v) is 3.46. The first kappa shape index (κ1) is 14.6. The minimum atomic E-state index is 0.0344. The molecule has 1 N–H and O–H groups in total. The highest BCUT2D eigenvalue weighted by atomic mass is 16.5. The highest BCUT2D eigenvalue weighted by Crippen LogP contribution is 2.30. The minimum absolute atomic E-state index is 0.0344. The van der Waals surface area contributed by atoms with Gasteiger partial charge in [0.25, 0.3) is 0 Å². The molecule has 1 aromatic heterocycles. The van der Waals surface area contributed by atoms with Crippen molar-refractivity contribution >= 4 is 0 Å². The van der Waals surface area contributed by atoms with E-state index in [0.717, 1.165) is 30.1 Å². The average Bonchev–Trinajstić information content (AvgIpc) is 2.90. The van der Waals surface area contributed by atoms with Crippen LogP contribution in [0.5, 0.6) is 5.75 Å². The van der Waals surface area contributed by atoms with Gasteiger partial charge in [-0.1, -0.05) is 19.1 Å². The molecule has 0 aliphatic rings. The molecule has 0 bridgehead atoms. The second kappa shape index (κ2) is 6.57. The van der Waals surface area contributed by atoms with E-state index in [2.05, 4.69) is 46.9 Å². The average molecular weight is 273 g/mol. The van der Waals surface area contributed by atoms with E-state index in [4.69, 9.17) is 4.74 Å². The Bertz CT molecular complexity index is 563. The molecule has 4 heteroatoms. The first-order valence-corrected chi connectivity index (χ1v) is 7.04. The second-order valence-corrected chi connectivity index (χ2v) is 4.95. The van der Waals surface area contributed by atoms with Gasteiger partial charge in [-0.15, -0.1) is 0 Å². The van der Waals surface area contributed by atoms with Crippen molar-refractivity contribution in [3.05, 3.63) is 47.5 Å². The predicted octanol–water partition coefficient (Wildman–Crippen LogP) is 2.92. The number of ether oxygens (including phenoxy) is 1. The summed E-state index contributed by atoms with van der Waals surface area (Å²) in [6, 6.07) is 6.31. The lowest BCUT2D eigenvalue weighted by Crippen LogP contribution is -2.22. The van der Waals surface area contributed by atoms with Gasteiger partial charge >= 0.3 is 0 Å². The summed E-state index contributed by atoms with van der Waals surface area (Å²) in [4.78, 5) is 4.53. The molecule has 4 nitrogen and oxygen atoms in total. The van der Waals surface area contributed by atoms with Gasteiger partial charge in [0, 0.05) is 24.5 Å². The van der Waals surface area contributed by atoms with Crippen LogP contribution in [0.3, 0.4) is 0 Å². The number of benzene rings is 1. The van der Waals surface area contributed by atoms with E-state index < -0.39 is 0 Å². The molecule has 1 atom stereocenters. The fourth-order valence-corrected chi connectivity index (χ4v) is 2.49. The van der Waals surface area contributed by atoms with Gasteiger partial charge in [-0.25, -0.2) is 4.98 Å². The number of hydrogen-bond acceptors (Lipinski definition) is 3. The Balaban J connectivity index is 2.44. The monoisotopic (exact) mass is 273 g/mol. The number of nitrogens with one attached hydrogen (secondary N) is 1. The Kier molecular flexibility index (Phi) is 4.79. The van der Waals surface area contributed by atoms with Crippen LogP contribution in [-0.4, -0.2) is 23.7 Å². The Morgan fingerprint density at radius 3 is 2.85 bits per heavy atom. The first-order valence-electron chi connectivity index (χ1n) is 7.04. The lowest BCUT2D eigenvalue weighted by atomic mass is 10.0. The molecule has 108 valence electrons. The second-order valence-electron chi connectivity index (χ2n) is 4.95. The number of rotatable bonds is 6. The fourth-order valence-electron chi connectivity index (χ4n) is 2.49. The van der Waals surface area contributed by atoms with Crippen molar-refractivity contribution in [1.29, 1.82) is 0 Å². The summed E-state index contributed by atoms with van der Waals surface area (Å²) in [5.41, 5.74) is 2.31. The summed E-state index contributed by atoms with van der Waals surface area (Å²) in [5, 5.41) is 3.35. The number of methoxy groups -OCH3 is 1. The molecule has 2 aromatic rings. The summed E-state index contributed by atoms with van der Waals surface area (Å²) in [6.45, 7) is 5.21. The standard InChI is InChI=1S/C16H23N3O/c1-5-9-19-10-8-18-16(19)15(17-3)13-7-6-12(2)11-14(13)20-4/h6-8,10-11,15,17H,5,9H2,1-4H3. The van der Waals surface area contributed by atoms with E-state index in [1.54, 1.807) is 7.11 Å². The summed E-state index contributed by atoms with van der Waals surface area (Å²) >= 11 is 0. The lowest BCUT2D eigenvalue weighted by molar-refractivity contribution is 0.403. The fraction of sp³-hybridized carbons (Fsp3) is 0.438. The highest BCUT2D eigenvalue weighted by molar-refractivity contribution is 5.41. The first-order chi connectivity index (χ1) is 9.71. The molecule has 0 aliphatic carbocycles. The number of imidazole rings is 1. The van der Waals surface area contributed by atoms with Gasteiger partial charge in [-0.3, -0.25) is 0 Å². The van der Waals surface area contributed by atoms with Gasteiger partial charge in [0.2, 0.25) is 0 Å². The molecule has 0 fully saturated rings. The SMILES string of the molecule is CCCn1ccnc1C(NC)c1ccc(C)cc1OC. The molecule has 0 amide bonds. The van der Waals surface area contributed by atoms with Gasteiger partial charge in [0.1, 0.15) is 11.6 Å². The third-order valence-electron chi connectivity index (χ3n) is 3.46. The maximum Gasteiger partial charge on any atom is 0.130 e. The van der Waals surface area contributed by atoms with E-state index in [-0.39, 0.29) is 6.04 Å². The van der Waals surface area contributed by atoms with Crippen molar-refractivity contribution < 1.29 is 4.74 Å². The van der Waals surface area contributed by atoms with Crippen LogP contribution in [-0.2, 0) is 6.54 Å². The molecule has 1 unspecified atom stereocenters. The number of aryl methyl sites for hydroxylation is 2. The highest BCUT2D eigenvalue weighted by Gasteiger charge is 2.20. The normalized spacial score (nSPS) is 12.4. The summed E-state index contributed by atoms with van der Waals surface area (Å²) in [7, 11) is 3.67. The summed E-state index contributed by atoms with van der Waals surface area (Å²) < 4.78 is 7.72. The molecule has 1 aromatic carbocycles. The van der Waals surface area contributed by atoms with Crippen molar-refractivity contribution in [2.24, 2.45) is 0 Å². The van der Waals surface area contributed by atoms with Crippen LogP contribution in [0, 0.1) is 6.92 Å². The van der Waals surface area contributed by atoms with Gasteiger partial charge in [0.05, 0.1) is 13.2 Å². The summed E-state index contributed by atoms with van der Waals surface area (Å²) in [5.74, 6) is 1.92. The molecular weight excluding hydrogens is 250 g/mol. The van der Waals surface area contributed by atoms with E-state index in [0.29, 0.717) is 0 Å². The van der Waals surface area contributed by atoms with Crippen LogP contribution in [0.1, 0.15) is 36.3 Å². The van der Waals surface area contributed by atoms with Gasteiger partial charge in [-0.05, 0) is 32.0 Å². The van der Waals surface area contributed by atoms with Crippen molar-refractivity contribution in [2.45, 2.75) is 32.9 Å². The number of aromatic nitrogens is 2. The molecule has 2 rings (SSSR count). The maximum atomic E-state index is 5.53. The quantitative estimate of drug-likeness (QED) is 0.879. The van der Waals surface area contributed by atoms with Crippen molar-refractivity contribution in [1.82, 2.24) is 14.9 Å². The van der Waals surface area contributed by atoms with Crippen molar-refractivity contribution in [3.63, 3.8) is 0 Å². The Labute approximate surface area is 120 Å². The van der Waals surface area contributed by atoms with Gasteiger partial charge in [0.15, 0.2) is 0 Å². The molecule has 0 saturated heterocycles. The lowest BCUT2D eigenvalue weighted by Gasteiger charge is -2.20. The van der Waals surface area contributed by atoms with E-state index in [9.17, 15) is 0 Å². The molecule has 0 spiro atoms. The van der Waals surface area contributed by atoms with Gasteiger partial charge in [-0.2, -0.15) is 0 Å². The zero-order valence-corrected chi connectivity index (χ0v) is 12.7. The zero-order valence-electron chi connectivity index (χ0n) is 12.7. The van der Waals surface area contributed by atoms with Crippen LogP contribution in [0.25, 0.3) is 0 Å². The van der Waals surface area contributed by atoms with Crippen LogP contribution in [0.15, 0.2) is 30.6 Å². The smallest absolute Gasteiger partial charge is 0.130 e. The van der Waals surface area contributed by atoms with Crippen LogP contribution < -0.4 is 10.1 Å². The van der Waals surface area contributed by atoms with Crippen LogP contribution in [0.2, 0.25) is 0 Å². The molecule has 1 heterocycles. The Morgan fingerprint density at radius 2 is 2.20 bits per heavy atom. The zero-order chi connectivity index (χ0) is 14.5. The minimum Gasteiger partial charge on any atom is -0.496 e. The van der Waals surface area contributed by atoms with E-state index >= 15 is 0 Å². The summed E-state index contributed by atoms with van der Waals surface area (Å²) in [6.07, 6.45) is 4.98. The van der Waals surface area contributed by atoms with Crippen LogP contribution in [0.4, 0.5) is 0 Å². The molecular formula is C16H23N3O. The van der Waals surface area contributed by atoms with Crippen molar-refractivity contribution in [2.75, 3.05) is 14.2 Å². The Hall–Kier alpha value is -1.81. The molecule has 0 aliphatic heterocycles. The van der Waals surface area contributed by atoms with Crippen LogP contribution >= 0.6 is 0 Å². The maximum absolute atomic E-state index is 5.53. The topological polar surface area (TPSA) is 39.1 Å². The predicted molar refractivity (Wildman–Crippen MR) is 81.2 cm³/mol. The van der Waals surface area contributed by atoms with E-state index in [1.807, 2.05) is 19.4 Å². The molecule has 0 radical (unpaired) electrons.